The molecule has 0 spiro atoms. The number of nitrogens with one attached hydrogen (secondary N) is 1. The van der Waals surface area contributed by atoms with Crippen LogP contribution in [0.5, 0.6) is 0 Å². The summed E-state index contributed by atoms with van der Waals surface area (Å²) in [6, 6.07) is 1.09. The Hall–Kier alpha value is -0.830. The molecule has 0 radical (unpaired) electrons. The largest absolute Gasteiger partial charge is 0.316 e. The summed E-state index contributed by atoms with van der Waals surface area (Å²) >= 11 is 0. The van der Waals surface area contributed by atoms with Crippen LogP contribution in [-0.2, 0) is 0 Å². The predicted octanol–water partition coefficient (Wildman–Crippen LogP) is 3.57. The summed E-state index contributed by atoms with van der Waals surface area (Å²) in [6.07, 6.45) is 2.46. The van der Waals surface area contributed by atoms with Gasteiger partial charge in [-0.1, -0.05) is 13.8 Å². The highest BCUT2D eigenvalue weighted by molar-refractivity contribution is 5.35. The Morgan fingerprint density at radius 1 is 1.42 bits per heavy atom. The number of aromatic nitrogens is 2. The molecule has 0 saturated heterocycles. The topological polar surface area (TPSA) is 29.9 Å². The van der Waals surface area contributed by atoms with Gasteiger partial charge < -0.3 is 5.32 Å². The summed E-state index contributed by atoms with van der Waals surface area (Å²) in [5.41, 5.74) is 4.47. The number of hydrogen-bond acceptors (Lipinski definition) is 2. The zero-order valence-corrected chi connectivity index (χ0v) is 13.5. The van der Waals surface area contributed by atoms with Crippen molar-refractivity contribution in [1.29, 1.82) is 0 Å². The van der Waals surface area contributed by atoms with Gasteiger partial charge in [0, 0.05) is 17.8 Å². The minimum Gasteiger partial charge on any atom is -0.316 e. The minimum atomic E-state index is 0.370. The molecule has 1 aliphatic rings. The first-order valence-corrected chi connectivity index (χ1v) is 7.59. The predicted molar refractivity (Wildman–Crippen MR) is 80.7 cm³/mol. The molecule has 3 unspecified atom stereocenters. The van der Waals surface area contributed by atoms with Gasteiger partial charge in [0.15, 0.2) is 0 Å². The normalized spacial score (nSPS) is 30.7. The number of nitrogens with zero attached hydrogens (tertiary/aromatic N) is 2. The van der Waals surface area contributed by atoms with Crippen LogP contribution < -0.4 is 5.32 Å². The van der Waals surface area contributed by atoms with Gasteiger partial charge in [-0.25, -0.2) is 0 Å². The summed E-state index contributed by atoms with van der Waals surface area (Å²) < 4.78 is 2.19. The molecule has 0 amide bonds. The fourth-order valence-corrected chi connectivity index (χ4v) is 3.93. The standard InChI is InChI=1S/C16H29N3/c1-8-16(6)13(9-14(16)17-7)15-11(4)18-19(10(2)3)12(15)5/h10,13-14,17H,8-9H2,1-7H3. The van der Waals surface area contributed by atoms with E-state index >= 15 is 0 Å². The average molecular weight is 263 g/mol. The molecule has 19 heavy (non-hydrogen) atoms. The lowest BCUT2D eigenvalue weighted by atomic mass is 9.53. The van der Waals surface area contributed by atoms with Gasteiger partial charge in [-0.3, -0.25) is 4.68 Å². The summed E-state index contributed by atoms with van der Waals surface area (Å²) in [5.74, 6) is 0.655. The molecule has 108 valence electrons. The SMILES string of the molecule is CCC1(C)C(NC)CC1c1c(C)nn(C(C)C)c1C. The second-order valence-electron chi connectivity index (χ2n) is 6.61. The van der Waals surface area contributed by atoms with E-state index in [4.69, 9.17) is 5.10 Å². The highest BCUT2D eigenvalue weighted by Crippen LogP contribution is 2.56. The maximum Gasteiger partial charge on any atom is 0.0631 e. The van der Waals surface area contributed by atoms with Crippen LogP contribution in [0.1, 0.15) is 69.4 Å². The fraction of sp³-hybridized carbons (Fsp3) is 0.812. The lowest BCUT2D eigenvalue weighted by Gasteiger charge is -2.54. The van der Waals surface area contributed by atoms with Crippen molar-refractivity contribution in [3.8, 4) is 0 Å². The highest BCUT2D eigenvalue weighted by Gasteiger charge is 2.51. The Balaban J connectivity index is 2.39. The zero-order chi connectivity index (χ0) is 14.4. The Labute approximate surface area is 117 Å². The van der Waals surface area contributed by atoms with Gasteiger partial charge >= 0.3 is 0 Å². The van der Waals surface area contributed by atoms with Crippen molar-refractivity contribution in [2.75, 3.05) is 7.05 Å². The Morgan fingerprint density at radius 3 is 2.47 bits per heavy atom. The molecule has 0 aromatic carbocycles. The molecule has 2 rings (SSSR count). The van der Waals surface area contributed by atoms with Crippen LogP contribution >= 0.6 is 0 Å². The van der Waals surface area contributed by atoms with Crippen molar-refractivity contribution < 1.29 is 0 Å². The van der Waals surface area contributed by atoms with Crippen LogP contribution in [0, 0.1) is 19.3 Å². The third-order valence-electron chi connectivity index (χ3n) is 5.39. The lowest BCUT2D eigenvalue weighted by Crippen LogP contribution is -2.55. The van der Waals surface area contributed by atoms with Crippen molar-refractivity contribution in [3.05, 3.63) is 17.0 Å². The summed E-state index contributed by atoms with van der Waals surface area (Å²) in [4.78, 5) is 0. The van der Waals surface area contributed by atoms with E-state index in [9.17, 15) is 0 Å². The van der Waals surface area contributed by atoms with E-state index in [2.05, 4.69) is 58.6 Å². The summed E-state index contributed by atoms with van der Waals surface area (Å²) in [6.45, 7) is 13.6. The van der Waals surface area contributed by atoms with Gasteiger partial charge in [-0.05, 0) is 64.5 Å². The van der Waals surface area contributed by atoms with Gasteiger partial charge in [0.1, 0.15) is 0 Å². The van der Waals surface area contributed by atoms with Crippen LogP contribution in [0.4, 0.5) is 0 Å². The molecule has 0 bridgehead atoms. The summed E-state index contributed by atoms with van der Waals surface area (Å²) in [5, 5.41) is 8.24. The quantitative estimate of drug-likeness (QED) is 0.900. The molecule has 1 fully saturated rings. The van der Waals surface area contributed by atoms with Crippen LogP contribution in [0.25, 0.3) is 0 Å². The fourth-order valence-electron chi connectivity index (χ4n) is 3.93. The number of rotatable bonds is 4. The van der Waals surface area contributed by atoms with Crippen LogP contribution in [0.15, 0.2) is 0 Å². The van der Waals surface area contributed by atoms with E-state index in [1.54, 1.807) is 0 Å². The molecule has 1 N–H and O–H groups in total. The molecule has 1 saturated carbocycles. The zero-order valence-electron chi connectivity index (χ0n) is 13.5. The first-order valence-electron chi connectivity index (χ1n) is 7.59. The van der Waals surface area contributed by atoms with Crippen molar-refractivity contribution in [1.82, 2.24) is 15.1 Å². The molecule has 1 aliphatic carbocycles. The first kappa shape index (κ1) is 14.6. The maximum absolute atomic E-state index is 4.76. The van der Waals surface area contributed by atoms with E-state index in [1.165, 1.54) is 29.8 Å². The molecular weight excluding hydrogens is 234 g/mol. The van der Waals surface area contributed by atoms with E-state index in [1.807, 2.05) is 0 Å². The van der Waals surface area contributed by atoms with Crippen molar-refractivity contribution in [2.45, 2.75) is 72.4 Å². The Kier molecular flexibility index (Phi) is 3.78. The molecule has 0 aliphatic heterocycles. The molecule has 1 aromatic heterocycles. The monoisotopic (exact) mass is 263 g/mol. The van der Waals surface area contributed by atoms with Gasteiger partial charge in [-0.2, -0.15) is 5.10 Å². The molecule has 3 nitrogen and oxygen atoms in total. The van der Waals surface area contributed by atoms with Crippen molar-refractivity contribution in [2.24, 2.45) is 5.41 Å². The molecule has 1 aromatic rings. The third kappa shape index (κ3) is 2.03. The molecule has 3 atom stereocenters. The molecular formula is C16H29N3. The average Bonchev–Trinajstić information content (AvgIpc) is 2.65. The number of aryl methyl sites for hydroxylation is 1. The maximum atomic E-state index is 4.76. The van der Waals surface area contributed by atoms with E-state index < -0.39 is 0 Å². The van der Waals surface area contributed by atoms with Crippen LogP contribution in [0.2, 0.25) is 0 Å². The van der Waals surface area contributed by atoms with E-state index in [-0.39, 0.29) is 0 Å². The van der Waals surface area contributed by atoms with E-state index in [0.29, 0.717) is 23.4 Å². The second kappa shape index (κ2) is 4.93. The van der Waals surface area contributed by atoms with Gasteiger partial charge in [0.2, 0.25) is 0 Å². The summed E-state index contributed by atoms with van der Waals surface area (Å²) in [7, 11) is 2.09. The first-order chi connectivity index (χ1) is 8.86. The molecule has 3 heteroatoms. The Morgan fingerprint density at radius 2 is 2.05 bits per heavy atom. The van der Waals surface area contributed by atoms with Crippen molar-refractivity contribution in [3.63, 3.8) is 0 Å². The lowest BCUT2D eigenvalue weighted by molar-refractivity contribution is 0.0487. The van der Waals surface area contributed by atoms with Gasteiger partial charge in [0.05, 0.1) is 5.69 Å². The van der Waals surface area contributed by atoms with Crippen molar-refractivity contribution >= 4 is 0 Å². The second-order valence-corrected chi connectivity index (χ2v) is 6.61. The third-order valence-corrected chi connectivity index (χ3v) is 5.39. The minimum absolute atomic E-state index is 0.370. The molecule has 1 heterocycles. The number of hydrogen-bond donors (Lipinski definition) is 1. The van der Waals surface area contributed by atoms with Crippen LogP contribution in [0.3, 0.4) is 0 Å². The Bertz CT molecular complexity index is 461. The van der Waals surface area contributed by atoms with Crippen LogP contribution in [-0.4, -0.2) is 22.9 Å². The highest BCUT2D eigenvalue weighted by atomic mass is 15.3. The van der Waals surface area contributed by atoms with Gasteiger partial charge in [0.25, 0.3) is 0 Å². The smallest absolute Gasteiger partial charge is 0.0631 e. The van der Waals surface area contributed by atoms with E-state index in [0.717, 1.165) is 0 Å². The van der Waals surface area contributed by atoms with Gasteiger partial charge in [-0.15, -0.1) is 0 Å².